The molecular formula is C16H15ClO5. The Hall–Kier alpha value is -2.40. The summed E-state index contributed by atoms with van der Waals surface area (Å²) in [5.41, 5.74) is 0.0762. The third-order valence-corrected chi connectivity index (χ3v) is 3.09. The van der Waals surface area contributed by atoms with Crippen molar-refractivity contribution in [1.29, 1.82) is 0 Å². The first-order chi connectivity index (χ1) is 10.6. The SMILES string of the molecule is COc1ccc(C(=O)O)c(OCCOc2ccc(Cl)cc2)c1. The number of benzene rings is 2. The highest BCUT2D eigenvalue weighted by atomic mass is 35.5. The summed E-state index contributed by atoms with van der Waals surface area (Å²) in [5.74, 6) is 0.374. The third kappa shape index (κ3) is 4.30. The molecule has 0 bridgehead atoms. The second-order valence-electron chi connectivity index (χ2n) is 4.32. The second kappa shape index (κ2) is 7.56. The molecule has 5 nitrogen and oxygen atoms in total. The number of aromatic carboxylic acids is 1. The molecule has 0 radical (unpaired) electrons. The lowest BCUT2D eigenvalue weighted by Crippen LogP contribution is -2.11. The van der Waals surface area contributed by atoms with Crippen molar-refractivity contribution < 1.29 is 24.1 Å². The lowest BCUT2D eigenvalue weighted by atomic mass is 10.2. The van der Waals surface area contributed by atoms with Gasteiger partial charge in [-0.05, 0) is 36.4 Å². The van der Waals surface area contributed by atoms with E-state index in [0.717, 1.165) is 0 Å². The summed E-state index contributed by atoms with van der Waals surface area (Å²) in [6, 6.07) is 11.5. The highest BCUT2D eigenvalue weighted by Gasteiger charge is 2.12. The molecule has 6 heteroatoms. The van der Waals surface area contributed by atoms with E-state index in [0.29, 0.717) is 16.5 Å². The molecular weight excluding hydrogens is 308 g/mol. The molecule has 0 unspecified atom stereocenters. The van der Waals surface area contributed by atoms with Crippen LogP contribution >= 0.6 is 11.6 Å². The summed E-state index contributed by atoms with van der Waals surface area (Å²) in [4.78, 5) is 11.1. The van der Waals surface area contributed by atoms with Crippen LogP contribution in [0.15, 0.2) is 42.5 Å². The Kier molecular flexibility index (Phi) is 5.49. The number of hydrogen-bond acceptors (Lipinski definition) is 4. The average Bonchev–Trinajstić information content (AvgIpc) is 2.52. The van der Waals surface area contributed by atoms with Crippen LogP contribution in [0.5, 0.6) is 17.2 Å². The monoisotopic (exact) mass is 322 g/mol. The van der Waals surface area contributed by atoms with Gasteiger partial charge in [-0.15, -0.1) is 0 Å². The van der Waals surface area contributed by atoms with E-state index >= 15 is 0 Å². The van der Waals surface area contributed by atoms with Gasteiger partial charge in [-0.1, -0.05) is 11.6 Å². The van der Waals surface area contributed by atoms with Crippen LogP contribution in [-0.2, 0) is 0 Å². The van der Waals surface area contributed by atoms with E-state index < -0.39 is 5.97 Å². The van der Waals surface area contributed by atoms with Crippen LogP contribution in [0.4, 0.5) is 0 Å². The molecule has 0 aliphatic heterocycles. The van der Waals surface area contributed by atoms with E-state index in [4.69, 9.17) is 30.9 Å². The summed E-state index contributed by atoms with van der Waals surface area (Å²) >= 11 is 5.78. The number of rotatable bonds is 7. The van der Waals surface area contributed by atoms with Crippen LogP contribution in [0.2, 0.25) is 5.02 Å². The van der Waals surface area contributed by atoms with Gasteiger partial charge in [0.05, 0.1) is 7.11 Å². The molecule has 0 fully saturated rings. The van der Waals surface area contributed by atoms with Crippen LogP contribution < -0.4 is 14.2 Å². The van der Waals surface area contributed by atoms with Crippen molar-refractivity contribution in [3.63, 3.8) is 0 Å². The van der Waals surface area contributed by atoms with Gasteiger partial charge in [0.1, 0.15) is 36.0 Å². The summed E-state index contributed by atoms with van der Waals surface area (Å²) in [6.45, 7) is 0.480. The molecule has 2 rings (SSSR count). The Labute approximate surface area is 133 Å². The summed E-state index contributed by atoms with van der Waals surface area (Å²) in [5, 5.41) is 9.76. The molecule has 116 valence electrons. The molecule has 0 saturated carbocycles. The first-order valence-electron chi connectivity index (χ1n) is 6.52. The number of carboxylic acid groups (broad SMARTS) is 1. The molecule has 0 heterocycles. The van der Waals surface area contributed by atoms with Gasteiger partial charge >= 0.3 is 5.97 Å². The van der Waals surface area contributed by atoms with E-state index in [-0.39, 0.29) is 24.5 Å². The average molecular weight is 323 g/mol. The Balaban J connectivity index is 1.93. The van der Waals surface area contributed by atoms with Gasteiger partial charge in [-0.3, -0.25) is 0 Å². The van der Waals surface area contributed by atoms with Crippen LogP contribution in [0.25, 0.3) is 0 Å². The van der Waals surface area contributed by atoms with Gasteiger partial charge in [0.25, 0.3) is 0 Å². The van der Waals surface area contributed by atoms with Crippen molar-refractivity contribution >= 4 is 17.6 Å². The number of carboxylic acids is 1. The first-order valence-corrected chi connectivity index (χ1v) is 6.90. The molecule has 2 aromatic carbocycles. The Morgan fingerprint density at radius 2 is 1.68 bits per heavy atom. The number of methoxy groups -OCH3 is 1. The van der Waals surface area contributed by atoms with Crippen LogP contribution in [0.3, 0.4) is 0 Å². The molecule has 1 N–H and O–H groups in total. The van der Waals surface area contributed by atoms with Crippen molar-refractivity contribution in [2.75, 3.05) is 20.3 Å². The molecule has 0 aliphatic rings. The van der Waals surface area contributed by atoms with E-state index in [1.807, 2.05) is 0 Å². The number of carbonyl (C=O) groups is 1. The van der Waals surface area contributed by atoms with E-state index in [2.05, 4.69) is 0 Å². The largest absolute Gasteiger partial charge is 0.497 e. The second-order valence-corrected chi connectivity index (χ2v) is 4.75. The van der Waals surface area contributed by atoms with Crippen molar-refractivity contribution in [1.82, 2.24) is 0 Å². The highest BCUT2D eigenvalue weighted by molar-refractivity contribution is 6.30. The minimum atomic E-state index is -1.06. The van der Waals surface area contributed by atoms with Crippen LogP contribution in [-0.4, -0.2) is 31.4 Å². The molecule has 0 amide bonds. The van der Waals surface area contributed by atoms with E-state index in [9.17, 15) is 4.79 Å². The maximum atomic E-state index is 11.1. The lowest BCUT2D eigenvalue weighted by molar-refractivity contribution is 0.0691. The van der Waals surface area contributed by atoms with Gasteiger partial charge in [0.15, 0.2) is 0 Å². The zero-order valence-corrected chi connectivity index (χ0v) is 12.7. The minimum absolute atomic E-state index is 0.0762. The maximum Gasteiger partial charge on any atom is 0.339 e. The number of halogens is 1. The first kappa shape index (κ1) is 16.0. The van der Waals surface area contributed by atoms with Crippen molar-refractivity contribution in [2.45, 2.75) is 0 Å². The van der Waals surface area contributed by atoms with Gasteiger partial charge in [-0.25, -0.2) is 4.79 Å². The zero-order chi connectivity index (χ0) is 15.9. The fourth-order valence-electron chi connectivity index (χ4n) is 1.77. The molecule has 22 heavy (non-hydrogen) atoms. The van der Waals surface area contributed by atoms with E-state index in [1.165, 1.54) is 19.2 Å². The van der Waals surface area contributed by atoms with Gasteiger partial charge in [0, 0.05) is 11.1 Å². The molecule has 0 aliphatic carbocycles. The number of ether oxygens (including phenoxy) is 3. The van der Waals surface area contributed by atoms with Crippen LogP contribution in [0, 0.1) is 0 Å². The minimum Gasteiger partial charge on any atom is -0.497 e. The third-order valence-electron chi connectivity index (χ3n) is 2.84. The Morgan fingerprint density at radius 3 is 2.32 bits per heavy atom. The summed E-state index contributed by atoms with van der Waals surface area (Å²) < 4.78 is 16.0. The molecule has 2 aromatic rings. The van der Waals surface area contributed by atoms with Gasteiger partial charge in [-0.2, -0.15) is 0 Å². The van der Waals surface area contributed by atoms with E-state index in [1.54, 1.807) is 30.3 Å². The summed E-state index contributed by atoms with van der Waals surface area (Å²) in [7, 11) is 1.50. The van der Waals surface area contributed by atoms with Gasteiger partial charge < -0.3 is 19.3 Å². The zero-order valence-electron chi connectivity index (χ0n) is 11.9. The Bertz CT molecular complexity index is 639. The molecule has 0 saturated heterocycles. The van der Waals surface area contributed by atoms with Crippen LogP contribution in [0.1, 0.15) is 10.4 Å². The normalized spacial score (nSPS) is 10.1. The Morgan fingerprint density at radius 1 is 1.05 bits per heavy atom. The quantitative estimate of drug-likeness (QED) is 0.790. The summed E-state index contributed by atoms with van der Waals surface area (Å²) in [6.07, 6.45) is 0. The standard InChI is InChI=1S/C16H15ClO5/c1-20-13-6-7-14(16(18)19)15(10-13)22-9-8-21-12-4-2-11(17)3-5-12/h2-7,10H,8-9H2,1H3,(H,18,19). The fourth-order valence-corrected chi connectivity index (χ4v) is 1.89. The predicted molar refractivity (Wildman–Crippen MR) is 82.4 cm³/mol. The molecule has 0 spiro atoms. The maximum absolute atomic E-state index is 11.1. The number of hydrogen-bond donors (Lipinski definition) is 1. The van der Waals surface area contributed by atoms with Gasteiger partial charge in [0.2, 0.25) is 0 Å². The highest BCUT2D eigenvalue weighted by Crippen LogP contribution is 2.25. The molecule has 0 aromatic heterocycles. The van der Waals surface area contributed by atoms with Crippen molar-refractivity contribution in [3.8, 4) is 17.2 Å². The topological polar surface area (TPSA) is 65.0 Å². The lowest BCUT2D eigenvalue weighted by Gasteiger charge is -2.11. The molecule has 0 atom stereocenters. The smallest absolute Gasteiger partial charge is 0.339 e. The van der Waals surface area contributed by atoms with Crippen molar-refractivity contribution in [2.24, 2.45) is 0 Å². The van der Waals surface area contributed by atoms with Crippen molar-refractivity contribution in [3.05, 3.63) is 53.1 Å². The fraction of sp³-hybridized carbons (Fsp3) is 0.188. The predicted octanol–water partition coefficient (Wildman–Crippen LogP) is 3.50.